The van der Waals surface area contributed by atoms with Gasteiger partial charge in [0, 0.05) is 19.3 Å². The van der Waals surface area contributed by atoms with Crippen LogP contribution in [0.2, 0.25) is 0 Å². The standard InChI is InChI=1S/C14H20N2O3S/c1-12-6-7-13(5-3-8-15)14(11-12)16-20(17,18)10-4-9-19-2/h6-7,11,16H,4,8-10,15H2,1-2H3. The second-order valence-corrected chi connectivity index (χ2v) is 6.16. The molecule has 0 aliphatic rings. The van der Waals surface area contributed by atoms with Gasteiger partial charge in [0.15, 0.2) is 0 Å². The Bertz CT molecular complexity index is 601. The Morgan fingerprint density at radius 2 is 2.15 bits per heavy atom. The Labute approximate surface area is 120 Å². The molecule has 5 nitrogen and oxygen atoms in total. The van der Waals surface area contributed by atoms with Crippen LogP contribution < -0.4 is 10.5 Å². The average Bonchev–Trinajstić information content (AvgIpc) is 2.37. The Hall–Kier alpha value is -1.55. The molecule has 1 aromatic rings. The van der Waals surface area contributed by atoms with Crippen LogP contribution in [0.5, 0.6) is 0 Å². The first-order valence-electron chi connectivity index (χ1n) is 6.27. The first kappa shape index (κ1) is 16.5. The molecule has 1 aromatic carbocycles. The zero-order chi connectivity index (χ0) is 15.0. The van der Waals surface area contributed by atoms with E-state index in [0.717, 1.165) is 5.56 Å². The van der Waals surface area contributed by atoms with E-state index in [1.807, 2.05) is 13.0 Å². The van der Waals surface area contributed by atoms with Gasteiger partial charge >= 0.3 is 0 Å². The number of sulfonamides is 1. The van der Waals surface area contributed by atoms with E-state index in [-0.39, 0.29) is 12.3 Å². The Morgan fingerprint density at radius 3 is 2.80 bits per heavy atom. The number of nitrogens with two attached hydrogens (primary N) is 1. The molecule has 110 valence electrons. The van der Waals surface area contributed by atoms with Gasteiger partial charge in [-0.15, -0.1) is 0 Å². The van der Waals surface area contributed by atoms with Crippen molar-refractivity contribution in [3.63, 3.8) is 0 Å². The maximum atomic E-state index is 12.0. The van der Waals surface area contributed by atoms with Crippen molar-refractivity contribution in [2.45, 2.75) is 13.3 Å². The molecule has 0 fully saturated rings. The lowest BCUT2D eigenvalue weighted by Gasteiger charge is -2.10. The van der Waals surface area contributed by atoms with Crippen molar-refractivity contribution in [1.29, 1.82) is 0 Å². The SMILES string of the molecule is COCCCS(=O)(=O)Nc1cc(C)ccc1C#CCN. The summed E-state index contributed by atoms with van der Waals surface area (Å²) in [5.41, 5.74) is 7.41. The van der Waals surface area contributed by atoms with E-state index in [0.29, 0.717) is 24.3 Å². The van der Waals surface area contributed by atoms with Crippen LogP contribution in [0.25, 0.3) is 0 Å². The molecule has 1 rings (SSSR count). The molecule has 0 radical (unpaired) electrons. The number of benzene rings is 1. The molecular weight excluding hydrogens is 276 g/mol. The van der Waals surface area contributed by atoms with Crippen LogP contribution in [-0.4, -0.2) is 34.4 Å². The molecule has 0 saturated carbocycles. The molecule has 3 N–H and O–H groups in total. The molecule has 0 saturated heterocycles. The summed E-state index contributed by atoms with van der Waals surface area (Å²) in [7, 11) is -1.86. The molecule has 0 bridgehead atoms. The van der Waals surface area contributed by atoms with Gasteiger partial charge in [0.05, 0.1) is 18.0 Å². The average molecular weight is 296 g/mol. The minimum atomic E-state index is -3.40. The molecule has 0 aliphatic heterocycles. The fourth-order valence-electron chi connectivity index (χ4n) is 1.61. The number of rotatable bonds is 6. The van der Waals surface area contributed by atoms with E-state index >= 15 is 0 Å². The van der Waals surface area contributed by atoms with Crippen molar-refractivity contribution >= 4 is 15.7 Å². The minimum Gasteiger partial charge on any atom is -0.385 e. The highest BCUT2D eigenvalue weighted by Crippen LogP contribution is 2.18. The van der Waals surface area contributed by atoms with E-state index in [1.165, 1.54) is 0 Å². The van der Waals surface area contributed by atoms with Gasteiger partial charge in [-0.05, 0) is 31.0 Å². The first-order valence-corrected chi connectivity index (χ1v) is 7.93. The van der Waals surface area contributed by atoms with Crippen molar-refractivity contribution in [3.8, 4) is 11.8 Å². The summed E-state index contributed by atoms with van der Waals surface area (Å²) in [4.78, 5) is 0. The lowest BCUT2D eigenvalue weighted by molar-refractivity contribution is 0.199. The highest BCUT2D eigenvalue weighted by atomic mass is 32.2. The maximum Gasteiger partial charge on any atom is 0.232 e. The number of anilines is 1. The maximum absolute atomic E-state index is 12.0. The van der Waals surface area contributed by atoms with Crippen LogP contribution in [0, 0.1) is 18.8 Å². The van der Waals surface area contributed by atoms with Gasteiger partial charge in [-0.2, -0.15) is 0 Å². The number of hydrogen-bond acceptors (Lipinski definition) is 4. The summed E-state index contributed by atoms with van der Waals surface area (Å²) >= 11 is 0. The van der Waals surface area contributed by atoms with Crippen LogP contribution in [0.15, 0.2) is 18.2 Å². The summed E-state index contributed by atoms with van der Waals surface area (Å²) in [6, 6.07) is 5.42. The normalized spacial score (nSPS) is 10.8. The van der Waals surface area contributed by atoms with Gasteiger partial charge in [0.2, 0.25) is 10.0 Å². The molecule has 0 aliphatic carbocycles. The van der Waals surface area contributed by atoms with Crippen LogP contribution in [0.4, 0.5) is 5.69 Å². The molecule has 20 heavy (non-hydrogen) atoms. The Balaban J connectivity index is 2.92. The van der Waals surface area contributed by atoms with Gasteiger partial charge in [0.1, 0.15) is 0 Å². The number of aryl methyl sites for hydroxylation is 1. The summed E-state index contributed by atoms with van der Waals surface area (Å²) in [6.07, 6.45) is 0.446. The summed E-state index contributed by atoms with van der Waals surface area (Å²) < 4.78 is 31.4. The Morgan fingerprint density at radius 1 is 1.40 bits per heavy atom. The number of methoxy groups -OCH3 is 1. The monoisotopic (exact) mass is 296 g/mol. The van der Waals surface area contributed by atoms with Gasteiger partial charge in [0.25, 0.3) is 0 Å². The molecule has 0 aromatic heterocycles. The lowest BCUT2D eigenvalue weighted by Crippen LogP contribution is -2.18. The predicted octanol–water partition coefficient (Wildman–Crippen LogP) is 1.08. The van der Waals surface area contributed by atoms with Crippen molar-refractivity contribution in [1.82, 2.24) is 0 Å². The molecule has 0 amide bonds. The zero-order valence-corrected chi connectivity index (χ0v) is 12.6. The molecule has 0 unspecified atom stereocenters. The number of nitrogens with one attached hydrogen (secondary N) is 1. The smallest absolute Gasteiger partial charge is 0.232 e. The lowest BCUT2D eigenvalue weighted by atomic mass is 10.1. The van der Waals surface area contributed by atoms with Crippen molar-refractivity contribution in [2.75, 3.05) is 30.7 Å². The van der Waals surface area contributed by atoms with E-state index in [1.54, 1.807) is 19.2 Å². The molecule has 0 heterocycles. The fourth-order valence-corrected chi connectivity index (χ4v) is 2.71. The quantitative estimate of drug-likeness (QED) is 0.608. The highest BCUT2D eigenvalue weighted by Gasteiger charge is 2.12. The summed E-state index contributed by atoms with van der Waals surface area (Å²) in [5.74, 6) is 5.60. The van der Waals surface area contributed by atoms with Crippen LogP contribution >= 0.6 is 0 Å². The van der Waals surface area contributed by atoms with Crippen LogP contribution in [-0.2, 0) is 14.8 Å². The van der Waals surface area contributed by atoms with E-state index in [4.69, 9.17) is 10.5 Å². The van der Waals surface area contributed by atoms with E-state index in [2.05, 4.69) is 16.6 Å². The predicted molar refractivity (Wildman–Crippen MR) is 81.0 cm³/mol. The van der Waals surface area contributed by atoms with Gasteiger partial charge in [-0.3, -0.25) is 4.72 Å². The second-order valence-electron chi connectivity index (χ2n) is 4.32. The van der Waals surface area contributed by atoms with Crippen molar-refractivity contribution < 1.29 is 13.2 Å². The minimum absolute atomic E-state index is 0.0124. The highest BCUT2D eigenvalue weighted by molar-refractivity contribution is 7.92. The third kappa shape index (κ3) is 5.61. The van der Waals surface area contributed by atoms with Crippen LogP contribution in [0.3, 0.4) is 0 Å². The summed E-state index contributed by atoms with van der Waals surface area (Å²) in [6.45, 7) is 2.53. The van der Waals surface area contributed by atoms with Crippen LogP contribution in [0.1, 0.15) is 17.5 Å². The van der Waals surface area contributed by atoms with Gasteiger partial charge in [-0.25, -0.2) is 8.42 Å². The third-order valence-electron chi connectivity index (χ3n) is 2.53. The van der Waals surface area contributed by atoms with Gasteiger partial charge < -0.3 is 10.5 Å². The summed E-state index contributed by atoms with van der Waals surface area (Å²) in [5, 5.41) is 0. The first-order chi connectivity index (χ1) is 9.48. The Kier molecular flexibility index (Phi) is 6.52. The van der Waals surface area contributed by atoms with E-state index in [9.17, 15) is 8.42 Å². The molecule has 0 atom stereocenters. The van der Waals surface area contributed by atoms with Crippen molar-refractivity contribution in [3.05, 3.63) is 29.3 Å². The fraction of sp³-hybridized carbons (Fsp3) is 0.429. The number of ether oxygens (including phenoxy) is 1. The second kappa shape index (κ2) is 7.90. The zero-order valence-electron chi connectivity index (χ0n) is 11.8. The topological polar surface area (TPSA) is 81.4 Å². The van der Waals surface area contributed by atoms with Gasteiger partial charge in [-0.1, -0.05) is 17.9 Å². The van der Waals surface area contributed by atoms with E-state index < -0.39 is 10.0 Å². The molecule has 6 heteroatoms. The molecule has 0 spiro atoms. The third-order valence-corrected chi connectivity index (χ3v) is 3.88. The van der Waals surface area contributed by atoms with Crippen molar-refractivity contribution in [2.24, 2.45) is 5.73 Å². The number of hydrogen-bond donors (Lipinski definition) is 2. The molecular formula is C14H20N2O3S. The largest absolute Gasteiger partial charge is 0.385 e.